The van der Waals surface area contributed by atoms with Gasteiger partial charge in [0.1, 0.15) is 41.1 Å². The summed E-state index contributed by atoms with van der Waals surface area (Å²) >= 11 is 9.08. The Labute approximate surface area is 410 Å². The van der Waals surface area contributed by atoms with Crippen LogP contribution in [-0.2, 0) is 32.2 Å². The van der Waals surface area contributed by atoms with Crippen molar-refractivity contribution in [2.75, 3.05) is 26.4 Å². The second kappa shape index (κ2) is 24.9. The first-order valence-corrected chi connectivity index (χ1v) is 23.9. The summed E-state index contributed by atoms with van der Waals surface area (Å²) in [7, 11) is 0. The second-order valence-electron chi connectivity index (χ2n) is 17.8. The summed E-state index contributed by atoms with van der Waals surface area (Å²) in [6, 6.07) is 33.3. The van der Waals surface area contributed by atoms with Gasteiger partial charge in [0.25, 0.3) is 0 Å². The van der Waals surface area contributed by atoms with Crippen LogP contribution in [-0.4, -0.2) is 117 Å². The molecule has 2 fully saturated rings. The Morgan fingerprint density at radius 3 is 1.82 bits per heavy atom. The summed E-state index contributed by atoms with van der Waals surface area (Å²) in [6.45, 7) is 8.09. The molecule has 2 aliphatic heterocycles. The highest BCUT2D eigenvalue weighted by atomic mass is 79.9. The van der Waals surface area contributed by atoms with E-state index in [2.05, 4.69) is 29.8 Å². The molecule has 0 saturated carbocycles. The van der Waals surface area contributed by atoms with Gasteiger partial charge in [0.2, 0.25) is 0 Å². The number of aliphatic hydroxyl groups is 7. The van der Waals surface area contributed by atoms with Gasteiger partial charge < -0.3 is 54.7 Å². The molecule has 7 rings (SSSR count). The first kappa shape index (κ1) is 53.6. The van der Waals surface area contributed by atoms with Crippen LogP contribution in [0.4, 0.5) is 8.78 Å². The van der Waals surface area contributed by atoms with Crippen LogP contribution in [0.2, 0.25) is 5.02 Å². The molecule has 0 spiro atoms. The number of hydrogen-bond donors (Lipinski definition) is 7. The first-order chi connectivity index (χ1) is 32.6. The van der Waals surface area contributed by atoms with E-state index >= 15 is 0 Å². The predicted molar refractivity (Wildman–Crippen MR) is 258 cm³/mol. The molecule has 0 radical (unpaired) electrons. The Morgan fingerprint density at radius 2 is 1.25 bits per heavy atom. The largest absolute Gasteiger partial charge is 0.396 e. The zero-order valence-corrected chi connectivity index (χ0v) is 40.8. The monoisotopic (exact) mass is 1030 g/mol. The molecule has 2 saturated heterocycles. The van der Waals surface area contributed by atoms with Crippen molar-refractivity contribution in [2.45, 2.75) is 108 Å². The Kier molecular flexibility index (Phi) is 19.6. The standard InChI is InChI=1S/C32H39BrO5.C21H23ClF2O6/c1-21-16-26(33)14-15-27(21)30(28(35)17-34)32-31(37-19-25-12-8-5-9-13-25)23(3)22(2)29(38-32)20-36-18-24-10-6-4-7-11-24;1-9-4-10(11-5-14(23)17(22)15(24)6-11)2-3-12(9)13(7-25)21-20(29)19(28)18(27)16(8-26)30-21/h4-16,22-23,28-32,34-35H,17-20H2,1-3H3;2-6,13,16,18-21,25-29H,7-8H2,1H3/t22-,23-,28?,29?,30-,31?,32+;13-,16?,18-,19+,20?,21-/m01/s1. The zero-order chi connectivity index (χ0) is 49.2. The van der Waals surface area contributed by atoms with Gasteiger partial charge in [-0.1, -0.05) is 126 Å². The zero-order valence-electron chi connectivity index (χ0n) is 38.4. The lowest BCUT2D eigenvalue weighted by Gasteiger charge is -2.48. The molecule has 2 heterocycles. The van der Waals surface area contributed by atoms with Crippen LogP contribution in [0, 0.1) is 37.3 Å². The lowest BCUT2D eigenvalue weighted by Crippen LogP contribution is -2.60. The summed E-state index contributed by atoms with van der Waals surface area (Å²) in [5.74, 6) is -2.73. The van der Waals surface area contributed by atoms with Crippen LogP contribution < -0.4 is 0 Å². The van der Waals surface area contributed by atoms with Crippen LogP contribution in [0.5, 0.6) is 0 Å². The van der Waals surface area contributed by atoms with E-state index in [0.717, 1.165) is 38.9 Å². The number of halogens is 4. The van der Waals surface area contributed by atoms with Crippen molar-refractivity contribution in [1.29, 1.82) is 0 Å². The third-order valence-corrected chi connectivity index (χ3v) is 14.2. The van der Waals surface area contributed by atoms with E-state index in [1.165, 1.54) is 0 Å². The molecule has 5 aromatic rings. The molecule has 0 aromatic heterocycles. The fourth-order valence-electron chi connectivity index (χ4n) is 9.27. The summed E-state index contributed by atoms with van der Waals surface area (Å²) < 4.78 is 53.6. The van der Waals surface area contributed by atoms with Gasteiger partial charge >= 0.3 is 0 Å². The summed E-state index contributed by atoms with van der Waals surface area (Å²) in [6.07, 6.45) is -8.70. The van der Waals surface area contributed by atoms with Crippen molar-refractivity contribution >= 4 is 27.5 Å². The Balaban J connectivity index is 0.000000230. The molecule has 68 heavy (non-hydrogen) atoms. The number of aliphatic hydroxyl groups excluding tert-OH is 7. The molecule has 5 aromatic carbocycles. The van der Waals surface area contributed by atoms with E-state index in [-0.39, 0.29) is 36.2 Å². The van der Waals surface area contributed by atoms with Gasteiger partial charge in [-0.3, -0.25) is 0 Å². The van der Waals surface area contributed by atoms with Gasteiger partial charge in [0.05, 0.1) is 70.2 Å². The molecule has 368 valence electrons. The summed E-state index contributed by atoms with van der Waals surface area (Å²) in [5, 5.41) is 70.4. The van der Waals surface area contributed by atoms with E-state index in [0.29, 0.717) is 36.5 Å². The maximum absolute atomic E-state index is 13.8. The van der Waals surface area contributed by atoms with Crippen molar-refractivity contribution in [2.24, 2.45) is 11.8 Å². The highest BCUT2D eigenvalue weighted by molar-refractivity contribution is 9.10. The highest BCUT2D eigenvalue weighted by Gasteiger charge is 2.49. The molecule has 13 atom stereocenters. The van der Waals surface area contributed by atoms with Gasteiger partial charge in [-0.05, 0) is 94.5 Å². The van der Waals surface area contributed by atoms with Crippen LogP contribution in [0.15, 0.2) is 114 Å². The first-order valence-electron chi connectivity index (χ1n) is 22.7. The molecule has 0 amide bonds. The second-order valence-corrected chi connectivity index (χ2v) is 19.1. The Hall–Kier alpha value is -3.71. The molecule has 2 aliphatic rings. The van der Waals surface area contributed by atoms with Crippen molar-refractivity contribution in [3.05, 3.63) is 164 Å². The minimum Gasteiger partial charge on any atom is -0.396 e. The third kappa shape index (κ3) is 12.8. The minimum absolute atomic E-state index is 0.131. The molecule has 5 unspecified atom stereocenters. The maximum Gasteiger partial charge on any atom is 0.145 e. The number of hydrogen-bond acceptors (Lipinski definition) is 11. The molecular formula is C53H62BrClF2O11. The topological polar surface area (TPSA) is 179 Å². The Morgan fingerprint density at radius 1 is 0.662 bits per heavy atom. The van der Waals surface area contributed by atoms with Crippen LogP contribution in [0.1, 0.15) is 59.1 Å². The van der Waals surface area contributed by atoms with Gasteiger partial charge in [-0.15, -0.1) is 0 Å². The summed E-state index contributed by atoms with van der Waals surface area (Å²) in [5.41, 5.74) is 6.15. The molecule has 0 aliphatic carbocycles. The fourth-order valence-corrected chi connectivity index (χ4v) is 9.85. The average molecular weight is 1030 g/mol. The van der Waals surface area contributed by atoms with E-state index < -0.39 is 84.4 Å². The summed E-state index contributed by atoms with van der Waals surface area (Å²) in [4.78, 5) is 0. The van der Waals surface area contributed by atoms with Gasteiger partial charge in [-0.2, -0.15) is 0 Å². The van der Waals surface area contributed by atoms with E-state index in [9.17, 15) is 44.5 Å². The van der Waals surface area contributed by atoms with Gasteiger partial charge in [0, 0.05) is 16.3 Å². The third-order valence-electron chi connectivity index (χ3n) is 13.3. The number of benzene rings is 5. The molecule has 7 N–H and O–H groups in total. The van der Waals surface area contributed by atoms with Crippen molar-refractivity contribution in [3.8, 4) is 11.1 Å². The molecule has 11 nitrogen and oxygen atoms in total. The number of ether oxygens (including phenoxy) is 4. The Bertz CT molecular complexity index is 2340. The molecule has 15 heteroatoms. The van der Waals surface area contributed by atoms with Crippen molar-refractivity contribution in [1.82, 2.24) is 0 Å². The van der Waals surface area contributed by atoms with E-state index in [1.807, 2.05) is 85.8 Å². The van der Waals surface area contributed by atoms with Gasteiger partial charge in [0.15, 0.2) is 0 Å². The predicted octanol–water partition coefficient (Wildman–Crippen LogP) is 7.55. The maximum atomic E-state index is 13.8. The van der Waals surface area contributed by atoms with Crippen LogP contribution in [0.25, 0.3) is 11.1 Å². The molecule has 0 bridgehead atoms. The quantitative estimate of drug-likeness (QED) is 0.0486. The highest BCUT2D eigenvalue weighted by Crippen LogP contribution is 2.42. The van der Waals surface area contributed by atoms with Crippen LogP contribution in [0.3, 0.4) is 0 Å². The van der Waals surface area contributed by atoms with Crippen LogP contribution >= 0.6 is 27.5 Å². The minimum atomic E-state index is -1.56. The normalized spacial score (nSPS) is 26.3. The van der Waals surface area contributed by atoms with E-state index in [4.69, 9.17) is 30.5 Å². The van der Waals surface area contributed by atoms with Crippen molar-refractivity contribution in [3.63, 3.8) is 0 Å². The van der Waals surface area contributed by atoms with Gasteiger partial charge in [-0.25, -0.2) is 8.78 Å². The fraction of sp³-hybridized carbons (Fsp3) is 0.434. The van der Waals surface area contributed by atoms with E-state index in [1.54, 1.807) is 25.1 Å². The smallest absolute Gasteiger partial charge is 0.145 e. The number of rotatable bonds is 16. The molecular weight excluding hydrogens is 966 g/mol. The SMILES string of the molecule is Cc1cc(-c2cc(F)c(Cl)c(F)c2)ccc1[C@@H](CO)[C@H]1OC(CO)[C@@H](O)[C@H](O)C1O.Cc1cc(Br)ccc1[C@@H](C(O)CO)[C@H]1OC(COCc2ccccc2)[C@@H](C)[C@H](C)C1OCc1ccccc1. The lowest BCUT2D eigenvalue weighted by atomic mass is 9.74. The number of aryl methyl sites for hydroxylation is 2. The lowest BCUT2D eigenvalue weighted by molar-refractivity contribution is -0.236. The average Bonchev–Trinajstić information content (AvgIpc) is 3.33. The van der Waals surface area contributed by atoms with Crippen molar-refractivity contribution < 1.29 is 63.5 Å².